The summed E-state index contributed by atoms with van der Waals surface area (Å²) >= 11 is 6.85. The largest absolute Gasteiger partial charge is 0.457 e. The molecule has 0 radical (unpaired) electrons. The lowest BCUT2D eigenvalue weighted by Crippen LogP contribution is -1.87. The van der Waals surface area contributed by atoms with E-state index >= 15 is 0 Å². The first-order valence-electron chi connectivity index (χ1n) is 4.97. The Bertz CT molecular complexity index is 511. The van der Waals surface area contributed by atoms with Crippen LogP contribution in [0.25, 0.3) is 0 Å². The summed E-state index contributed by atoms with van der Waals surface area (Å²) in [5.41, 5.74) is 1.10. The molecule has 2 aromatic carbocycles. The standard InChI is InChI=1S/C13H9Br2FO/c14-8-9-7-12(5-6-13(9)15)17-11-3-1-10(16)2-4-11/h1-7H,8H2. The van der Waals surface area contributed by atoms with Crippen LogP contribution >= 0.6 is 31.9 Å². The van der Waals surface area contributed by atoms with Crippen LogP contribution in [0.4, 0.5) is 4.39 Å². The van der Waals surface area contributed by atoms with Crippen molar-refractivity contribution in [3.8, 4) is 11.5 Å². The highest BCUT2D eigenvalue weighted by Crippen LogP contribution is 2.27. The lowest BCUT2D eigenvalue weighted by atomic mass is 10.2. The van der Waals surface area contributed by atoms with E-state index in [2.05, 4.69) is 31.9 Å². The van der Waals surface area contributed by atoms with Crippen molar-refractivity contribution in [3.63, 3.8) is 0 Å². The fourth-order valence-electron chi connectivity index (χ4n) is 1.36. The fourth-order valence-corrected chi connectivity index (χ4v) is 2.58. The zero-order valence-electron chi connectivity index (χ0n) is 8.79. The second kappa shape index (κ2) is 5.65. The second-order valence-corrected chi connectivity index (χ2v) is 4.86. The fraction of sp³-hybridized carbons (Fsp3) is 0.0769. The number of benzene rings is 2. The van der Waals surface area contributed by atoms with E-state index in [-0.39, 0.29) is 5.82 Å². The van der Waals surface area contributed by atoms with Crippen LogP contribution in [0.15, 0.2) is 46.9 Å². The highest BCUT2D eigenvalue weighted by molar-refractivity contribution is 9.10. The van der Waals surface area contributed by atoms with Crippen LogP contribution in [0.1, 0.15) is 5.56 Å². The van der Waals surface area contributed by atoms with E-state index in [1.165, 1.54) is 12.1 Å². The van der Waals surface area contributed by atoms with E-state index < -0.39 is 0 Å². The lowest BCUT2D eigenvalue weighted by Gasteiger charge is -2.08. The Morgan fingerprint density at radius 1 is 1.00 bits per heavy atom. The predicted molar refractivity (Wildman–Crippen MR) is 73.2 cm³/mol. The Labute approximate surface area is 116 Å². The zero-order valence-corrected chi connectivity index (χ0v) is 12.0. The molecular weight excluding hydrogens is 351 g/mol. The average Bonchev–Trinajstić information content (AvgIpc) is 2.34. The van der Waals surface area contributed by atoms with Gasteiger partial charge in [-0.3, -0.25) is 0 Å². The number of hydrogen-bond donors (Lipinski definition) is 0. The number of rotatable bonds is 3. The summed E-state index contributed by atoms with van der Waals surface area (Å²) in [6.45, 7) is 0. The van der Waals surface area contributed by atoms with Crippen molar-refractivity contribution < 1.29 is 9.13 Å². The van der Waals surface area contributed by atoms with Gasteiger partial charge < -0.3 is 4.74 Å². The van der Waals surface area contributed by atoms with Gasteiger partial charge in [0.15, 0.2) is 0 Å². The Morgan fingerprint density at radius 3 is 2.29 bits per heavy atom. The molecule has 0 spiro atoms. The summed E-state index contributed by atoms with van der Waals surface area (Å²) in [7, 11) is 0. The molecule has 0 atom stereocenters. The molecule has 17 heavy (non-hydrogen) atoms. The van der Waals surface area contributed by atoms with Gasteiger partial charge in [0.05, 0.1) is 0 Å². The normalized spacial score (nSPS) is 10.3. The summed E-state index contributed by atoms with van der Waals surface area (Å²) in [4.78, 5) is 0. The molecule has 88 valence electrons. The molecule has 0 fully saturated rings. The molecule has 0 N–H and O–H groups in total. The molecule has 0 aliphatic heterocycles. The van der Waals surface area contributed by atoms with Crippen molar-refractivity contribution in [2.24, 2.45) is 0 Å². The van der Waals surface area contributed by atoms with Crippen LogP contribution in [-0.2, 0) is 5.33 Å². The van der Waals surface area contributed by atoms with Gasteiger partial charge in [-0.25, -0.2) is 4.39 Å². The maximum atomic E-state index is 12.7. The molecule has 0 unspecified atom stereocenters. The van der Waals surface area contributed by atoms with E-state index in [0.29, 0.717) is 5.75 Å². The molecule has 2 rings (SSSR count). The smallest absolute Gasteiger partial charge is 0.127 e. The molecule has 0 heterocycles. The minimum absolute atomic E-state index is 0.269. The lowest BCUT2D eigenvalue weighted by molar-refractivity contribution is 0.480. The Balaban J connectivity index is 2.21. The predicted octanol–water partition coefficient (Wildman–Crippen LogP) is 5.28. The number of alkyl halides is 1. The van der Waals surface area contributed by atoms with Gasteiger partial charge in [0.25, 0.3) is 0 Å². The topological polar surface area (TPSA) is 9.23 Å². The molecule has 0 amide bonds. The van der Waals surface area contributed by atoms with E-state index in [1.807, 2.05) is 18.2 Å². The summed E-state index contributed by atoms with van der Waals surface area (Å²) < 4.78 is 19.4. The van der Waals surface area contributed by atoms with Gasteiger partial charge in [-0.15, -0.1) is 0 Å². The van der Waals surface area contributed by atoms with Crippen molar-refractivity contribution in [2.75, 3.05) is 0 Å². The Morgan fingerprint density at radius 2 is 1.65 bits per heavy atom. The number of halogens is 3. The van der Waals surface area contributed by atoms with Crippen molar-refractivity contribution in [1.29, 1.82) is 0 Å². The highest BCUT2D eigenvalue weighted by atomic mass is 79.9. The first-order valence-corrected chi connectivity index (χ1v) is 6.88. The van der Waals surface area contributed by atoms with Gasteiger partial charge in [0, 0.05) is 9.80 Å². The Kier molecular flexibility index (Phi) is 4.18. The van der Waals surface area contributed by atoms with Crippen LogP contribution in [0, 0.1) is 5.82 Å². The van der Waals surface area contributed by atoms with Crippen molar-refractivity contribution in [1.82, 2.24) is 0 Å². The van der Waals surface area contributed by atoms with Crippen molar-refractivity contribution in [3.05, 3.63) is 58.3 Å². The van der Waals surface area contributed by atoms with E-state index in [4.69, 9.17) is 4.74 Å². The molecule has 0 saturated heterocycles. The molecule has 0 saturated carbocycles. The van der Waals surface area contributed by atoms with Gasteiger partial charge in [0.1, 0.15) is 17.3 Å². The molecule has 0 aliphatic carbocycles. The molecule has 2 aromatic rings. The molecule has 1 nitrogen and oxygen atoms in total. The summed E-state index contributed by atoms with van der Waals surface area (Å²) in [6, 6.07) is 11.7. The molecule has 0 aromatic heterocycles. The van der Waals surface area contributed by atoms with Gasteiger partial charge in [0.2, 0.25) is 0 Å². The Hall–Kier alpha value is -0.870. The van der Waals surface area contributed by atoms with Gasteiger partial charge in [-0.1, -0.05) is 31.9 Å². The molecule has 4 heteroatoms. The van der Waals surface area contributed by atoms with Crippen LogP contribution in [-0.4, -0.2) is 0 Å². The van der Waals surface area contributed by atoms with Crippen molar-refractivity contribution in [2.45, 2.75) is 5.33 Å². The second-order valence-electron chi connectivity index (χ2n) is 3.44. The molecular formula is C13H9Br2FO. The minimum Gasteiger partial charge on any atom is -0.457 e. The number of ether oxygens (including phenoxy) is 1. The van der Waals surface area contributed by atoms with Crippen LogP contribution in [0.3, 0.4) is 0 Å². The third-order valence-electron chi connectivity index (χ3n) is 2.21. The van der Waals surface area contributed by atoms with E-state index in [0.717, 1.165) is 21.1 Å². The summed E-state index contributed by atoms with van der Waals surface area (Å²) in [5.74, 6) is 1.08. The van der Waals surface area contributed by atoms with Crippen LogP contribution < -0.4 is 4.74 Å². The average molecular weight is 360 g/mol. The monoisotopic (exact) mass is 358 g/mol. The third-order valence-corrected chi connectivity index (χ3v) is 3.59. The number of hydrogen-bond acceptors (Lipinski definition) is 1. The first kappa shape index (κ1) is 12.6. The van der Waals surface area contributed by atoms with Gasteiger partial charge in [-0.05, 0) is 48.0 Å². The van der Waals surface area contributed by atoms with E-state index in [1.54, 1.807) is 12.1 Å². The SMILES string of the molecule is Fc1ccc(Oc2ccc(Br)c(CBr)c2)cc1. The van der Waals surface area contributed by atoms with Crippen LogP contribution in [0.5, 0.6) is 11.5 Å². The van der Waals surface area contributed by atoms with Gasteiger partial charge in [-0.2, -0.15) is 0 Å². The first-order chi connectivity index (χ1) is 8.19. The molecule has 0 bridgehead atoms. The highest BCUT2D eigenvalue weighted by Gasteiger charge is 2.02. The zero-order chi connectivity index (χ0) is 12.3. The maximum absolute atomic E-state index is 12.7. The molecule has 0 aliphatic rings. The van der Waals surface area contributed by atoms with E-state index in [9.17, 15) is 4.39 Å². The van der Waals surface area contributed by atoms with Crippen LogP contribution in [0.2, 0.25) is 0 Å². The van der Waals surface area contributed by atoms with Gasteiger partial charge >= 0.3 is 0 Å². The quantitative estimate of drug-likeness (QED) is 0.678. The minimum atomic E-state index is -0.269. The van der Waals surface area contributed by atoms with Crippen molar-refractivity contribution >= 4 is 31.9 Å². The maximum Gasteiger partial charge on any atom is 0.127 e. The summed E-state index contributed by atoms with van der Waals surface area (Å²) in [6.07, 6.45) is 0. The summed E-state index contributed by atoms with van der Waals surface area (Å²) in [5, 5.41) is 0.744. The third kappa shape index (κ3) is 3.30.